The Morgan fingerprint density at radius 2 is 1.57 bits per heavy atom. The van der Waals surface area contributed by atoms with Crippen molar-refractivity contribution in [2.45, 2.75) is 25.1 Å². The van der Waals surface area contributed by atoms with Gasteiger partial charge in [0.2, 0.25) is 16.8 Å². The number of thioether (sulfide) groups is 1. The molecule has 3 rings (SSSR count). The maximum Gasteiger partial charge on any atom is 0.257 e. The molecule has 2 aromatic carbocycles. The molecule has 0 saturated carbocycles. The Balaban J connectivity index is 1.63. The summed E-state index contributed by atoms with van der Waals surface area (Å²) in [4.78, 5) is 25.0. The zero-order valence-corrected chi connectivity index (χ0v) is 21.1. The number of anilines is 2. The third-order valence-corrected chi connectivity index (χ3v) is 6.22. The molecule has 3 aromatic rings. The van der Waals surface area contributed by atoms with Crippen LogP contribution in [-0.2, 0) is 4.79 Å². The highest BCUT2D eigenvalue weighted by atomic mass is 32.2. The van der Waals surface area contributed by atoms with E-state index in [9.17, 15) is 14.0 Å². The first kappa shape index (κ1) is 26.2. The topological polar surface area (TPSA) is 112 Å². The summed E-state index contributed by atoms with van der Waals surface area (Å²) in [7, 11) is 0. The molecule has 186 valence electrons. The van der Waals surface area contributed by atoms with Crippen molar-refractivity contribution in [1.82, 2.24) is 10.2 Å². The van der Waals surface area contributed by atoms with Crippen LogP contribution in [0.5, 0.6) is 17.2 Å². The van der Waals surface area contributed by atoms with Crippen LogP contribution in [0.15, 0.2) is 40.7 Å². The number of benzene rings is 2. The Morgan fingerprint density at radius 1 is 0.943 bits per heavy atom. The molecule has 0 atom stereocenters. The van der Waals surface area contributed by atoms with Gasteiger partial charge in [0.15, 0.2) is 15.8 Å². The molecule has 0 fully saturated rings. The van der Waals surface area contributed by atoms with E-state index in [0.717, 1.165) is 11.3 Å². The summed E-state index contributed by atoms with van der Waals surface area (Å²) in [6.07, 6.45) is 0. The van der Waals surface area contributed by atoms with E-state index in [1.807, 2.05) is 20.8 Å². The van der Waals surface area contributed by atoms with Gasteiger partial charge in [-0.3, -0.25) is 14.9 Å². The molecular weight excluding hydrogens is 495 g/mol. The van der Waals surface area contributed by atoms with Crippen LogP contribution < -0.4 is 24.8 Å². The van der Waals surface area contributed by atoms with Gasteiger partial charge in [-0.05, 0) is 57.2 Å². The Labute approximate surface area is 210 Å². The number of hydrogen-bond donors (Lipinski definition) is 2. The largest absolute Gasteiger partial charge is 0.490 e. The monoisotopic (exact) mass is 520 g/mol. The third-order valence-electron chi connectivity index (χ3n) is 4.25. The molecule has 12 heteroatoms. The van der Waals surface area contributed by atoms with Crippen molar-refractivity contribution in [2.75, 3.05) is 36.2 Å². The minimum atomic E-state index is -0.420. The second-order valence-electron chi connectivity index (χ2n) is 6.77. The van der Waals surface area contributed by atoms with Crippen LogP contribution in [0.2, 0.25) is 0 Å². The van der Waals surface area contributed by atoms with Gasteiger partial charge in [-0.25, -0.2) is 4.39 Å². The summed E-state index contributed by atoms with van der Waals surface area (Å²) in [6.45, 7) is 6.72. The Bertz CT molecular complexity index is 1130. The van der Waals surface area contributed by atoms with Crippen molar-refractivity contribution in [3.8, 4) is 17.2 Å². The molecular formula is C23H25FN4O5S2. The van der Waals surface area contributed by atoms with Gasteiger partial charge in [0.25, 0.3) is 5.91 Å². The summed E-state index contributed by atoms with van der Waals surface area (Å²) >= 11 is 2.31. The maximum absolute atomic E-state index is 13.0. The van der Waals surface area contributed by atoms with Crippen LogP contribution in [-0.4, -0.2) is 47.6 Å². The van der Waals surface area contributed by atoms with Gasteiger partial charge in [0.05, 0.1) is 25.6 Å². The molecule has 2 N–H and O–H groups in total. The fourth-order valence-electron chi connectivity index (χ4n) is 2.87. The second kappa shape index (κ2) is 12.9. The lowest BCUT2D eigenvalue weighted by molar-refractivity contribution is -0.113. The lowest BCUT2D eigenvalue weighted by Crippen LogP contribution is -2.13. The molecule has 0 aliphatic heterocycles. The standard InChI is InChI=1S/C23H25FN4O5S2/c1-4-31-17-11-14(12-18(32-5-2)20(17)33-6-3)21(30)26-22-27-28-23(35-22)34-13-19(29)25-16-9-7-15(24)8-10-16/h7-12H,4-6,13H2,1-3H3,(H,25,29)(H,26,27,30). The van der Waals surface area contributed by atoms with Gasteiger partial charge in [-0.15, -0.1) is 10.2 Å². The number of aromatic nitrogens is 2. The lowest BCUT2D eigenvalue weighted by Gasteiger charge is -2.16. The van der Waals surface area contributed by atoms with Gasteiger partial charge < -0.3 is 19.5 Å². The first-order valence-corrected chi connectivity index (χ1v) is 12.6. The molecule has 35 heavy (non-hydrogen) atoms. The fourth-order valence-corrected chi connectivity index (χ4v) is 4.41. The summed E-state index contributed by atoms with van der Waals surface area (Å²) in [5, 5.41) is 13.6. The maximum atomic E-state index is 13.0. The van der Waals surface area contributed by atoms with Gasteiger partial charge in [0.1, 0.15) is 5.82 Å². The molecule has 0 saturated heterocycles. The molecule has 0 bridgehead atoms. The molecule has 0 unspecified atom stereocenters. The summed E-state index contributed by atoms with van der Waals surface area (Å²) in [6, 6.07) is 8.66. The van der Waals surface area contributed by atoms with E-state index >= 15 is 0 Å². The highest BCUT2D eigenvalue weighted by Crippen LogP contribution is 2.39. The Kier molecular flexibility index (Phi) is 9.67. The molecule has 9 nitrogen and oxygen atoms in total. The third kappa shape index (κ3) is 7.55. The number of hydrogen-bond acceptors (Lipinski definition) is 9. The number of rotatable bonds is 12. The number of amides is 2. The van der Waals surface area contributed by atoms with Crippen molar-refractivity contribution in [3.05, 3.63) is 47.8 Å². The molecule has 0 radical (unpaired) electrons. The van der Waals surface area contributed by atoms with Gasteiger partial charge in [-0.1, -0.05) is 23.1 Å². The van der Waals surface area contributed by atoms with Crippen molar-refractivity contribution in [3.63, 3.8) is 0 Å². The zero-order chi connectivity index (χ0) is 25.2. The van der Waals surface area contributed by atoms with Crippen LogP contribution in [0.3, 0.4) is 0 Å². The fraction of sp³-hybridized carbons (Fsp3) is 0.304. The van der Waals surface area contributed by atoms with E-state index < -0.39 is 5.91 Å². The van der Waals surface area contributed by atoms with Crippen molar-refractivity contribution in [2.24, 2.45) is 0 Å². The minimum absolute atomic E-state index is 0.0777. The molecule has 1 heterocycles. The van der Waals surface area contributed by atoms with Crippen molar-refractivity contribution in [1.29, 1.82) is 0 Å². The zero-order valence-electron chi connectivity index (χ0n) is 19.4. The van der Waals surface area contributed by atoms with Crippen LogP contribution in [0.1, 0.15) is 31.1 Å². The van der Waals surface area contributed by atoms with Crippen molar-refractivity contribution >= 4 is 45.7 Å². The van der Waals surface area contributed by atoms with E-state index in [-0.39, 0.29) is 22.6 Å². The number of halogens is 1. The molecule has 0 aliphatic rings. The quantitative estimate of drug-likeness (QED) is 0.257. The molecule has 2 amide bonds. The van der Waals surface area contributed by atoms with Gasteiger partial charge in [-0.2, -0.15) is 0 Å². The van der Waals surface area contributed by atoms with E-state index in [4.69, 9.17) is 14.2 Å². The van der Waals surface area contributed by atoms with Crippen LogP contribution in [0.25, 0.3) is 0 Å². The minimum Gasteiger partial charge on any atom is -0.490 e. The average Bonchev–Trinajstić information content (AvgIpc) is 3.28. The van der Waals surface area contributed by atoms with E-state index in [0.29, 0.717) is 52.7 Å². The normalized spacial score (nSPS) is 10.5. The average molecular weight is 521 g/mol. The molecule has 0 spiro atoms. The molecule has 0 aliphatic carbocycles. The number of carbonyl (C=O) groups is 2. The lowest BCUT2D eigenvalue weighted by atomic mass is 10.1. The number of carbonyl (C=O) groups excluding carboxylic acids is 2. The SMILES string of the molecule is CCOc1cc(C(=O)Nc2nnc(SCC(=O)Nc3ccc(F)cc3)s2)cc(OCC)c1OCC. The summed E-state index contributed by atoms with van der Waals surface area (Å²) < 4.78 is 30.5. The first-order chi connectivity index (χ1) is 16.9. The highest BCUT2D eigenvalue weighted by Gasteiger charge is 2.19. The van der Waals surface area contributed by atoms with E-state index in [1.165, 1.54) is 36.0 Å². The summed E-state index contributed by atoms with van der Waals surface area (Å²) in [5.41, 5.74) is 0.804. The smallest absolute Gasteiger partial charge is 0.257 e. The highest BCUT2D eigenvalue weighted by molar-refractivity contribution is 8.01. The summed E-state index contributed by atoms with van der Waals surface area (Å²) in [5.74, 6) is 0.266. The first-order valence-electron chi connectivity index (χ1n) is 10.8. The second-order valence-corrected chi connectivity index (χ2v) is 8.97. The van der Waals surface area contributed by atoms with E-state index in [1.54, 1.807) is 12.1 Å². The van der Waals surface area contributed by atoms with Crippen LogP contribution in [0, 0.1) is 5.82 Å². The van der Waals surface area contributed by atoms with Crippen molar-refractivity contribution < 1.29 is 28.2 Å². The van der Waals surface area contributed by atoms with Crippen LogP contribution in [0.4, 0.5) is 15.2 Å². The molecule has 1 aromatic heterocycles. The number of nitrogens with zero attached hydrogens (tertiary/aromatic N) is 2. The number of nitrogens with one attached hydrogen (secondary N) is 2. The van der Waals surface area contributed by atoms with Gasteiger partial charge >= 0.3 is 0 Å². The Morgan fingerprint density at radius 3 is 2.17 bits per heavy atom. The number of ether oxygens (including phenoxy) is 3. The van der Waals surface area contributed by atoms with Crippen LogP contribution >= 0.6 is 23.1 Å². The predicted octanol–water partition coefficient (Wildman–Crippen LogP) is 4.86. The Hall–Kier alpha value is -3.38. The van der Waals surface area contributed by atoms with E-state index in [2.05, 4.69) is 20.8 Å². The van der Waals surface area contributed by atoms with Gasteiger partial charge in [0, 0.05) is 11.3 Å². The predicted molar refractivity (Wildman–Crippen MR) is 134 cm³/mol.